The van der Waals surface area contributed by atoms with Gasteiger partial charge >= 0.3 is 0 Å². The van der Waals surface area contributed by atoms with Gasteiger partial charge in [0.1, 0.15) is 0 Å². The monoisotopic (exact) mass is 442 g/mol. The van der Waals surface area contributed by atoms with Crippen LogP contribution in [0.4, 0.5) is 0 Å². The van der Waals surface area contributed by atoms with Gasteiger partial charge in [0.2, 0.25) is 0 Å². The molecule has 1 aliphatic rings. The number of aliphatic hydroxyl groups excluding tert-OH is 1. The van der Waals surface area contributed by atoms with Gasteiger partial charge in [-0.2, -0.15) is 0 Å². The minimum atomic E-state index is -0.519. The van der Waals surface area contributed by atoms with Gasteiger partial charge in [-0.05, 0) is 49.2 Å². The molecule has 1 aliphatic heterocycles. The highest BCUT2D eigenvalue weighted by Gasteiger charge is 2.25. The molecule has 0 aliphatic carbocycles. The molecule has 0 amide bonds. The SMILES string of the molecule is COc1ccc(COCC(O)CN2CCCC(c3nc4ccccc4s3)C2)cc1OC. The maximum atomic E-state index is 10.5. The fourth-order valence-electron chi connectivity index (χ4n) is 4.12. The van der Waals surface area contributed by atoms with Crippen molar-refractivity contribution < 1.29 is 19.3 Å². The topological polar surface area (TPSA) is 64.0 Å². The summed E-state index contributed by atoms with van der Waals surface area (Å²) in [6.07, 6.45) is 1.76. The molecule has 2 heterocycles. The summed E-state index contributed by atoms with van der Waals surface area (Å²) in [7, 11) is 3.23. The Morgan fingerprint density at radius 3 is 2.81 bits per heavy atom. The number of para-hydroxylation sites is 1. The minimum Gasteiger partial charge on any atom is -0.493 e. The summed E-state index contributed by atoms with van der Waals surface area (Å²) in [5, 5.41) is 11.7. The number of benzene rings is 2. The number of aliphatic hydroxyl groups is 1. The number of nitrogens with zero attached hydrogens (tertiary/aromatic N) is 2. The molecular formula is C24H30N2O4S. The van der Waals surface area contributed by atoms with E-state index in [2.05, 4.69) is 23.1 Å². The predicted molar refractivity (Wildman–Crippen MR) is 123 cm³/mol. The fraction of sp³-hybridized carbons (Fsp3) is 0.458. The first-order chi connectivity index (χ1) is 15.2. The molecular weight excluding hydrogens is 412 g/mol. The lowest BCUT2D eigenvalue weighted by atomic mass is 9.98. The van der Waals surface area contributed by atoms with Crippen LogP contribution in [0.1, 0.15) is 29.3 Å². The normalized spacial score (nSPS) is 18.2. The second kappa shape index (κ2) is 10.4. The third-order valence-corrected chi connectivity index (χ3v) is 6.86. The highest BCUT2D eigenvalue weighted by Crippen LogP contribution is 2.33. The third-order valence-electron chi connectivity index (χ3n) is 5.66. The van der Waals surface area contributed by atoms with E-state index in [1.807, 2.05) is 24.3 Å². The Bertz CT molecular complexity index is 960. The Balaban J connectivity index is 1.26. The first-order valence-electron chi connectivity index (χ1n) is 10.7. The molecule has 2 aromatic carbocycles. The molecule has 0 bridgehead atoms. The number of β-amino-alcohol motifs (C(OH)–C–C–N with tert-alkyl or cyclic N) is 1. The predicted octanol–water partition coefficient (Wildman–Crippen LogP) is 4.07. The molecule has 0 spiro atoms. The number of ether oxygens (including phenoxy) is 3. The molecule has 31 heavy (non-hydrogen) atoms. The average Bonchev–Trinajstić information content (AvgIpc) is 3.23. The van der Waals surface area contributed by atoms with Crippen LogP contribution in [0.5, 0.6) is 11.5 Å². The molecule has 0 radical (unpaired) electrons. The zero-order chi connectivity index (χ0) is 21.6. The molecule has 4 rings (SSSR count). The first kappa shape index (κ1) is 22.0. The molecule has 2 unspecified atom stereocenters. The van der Waals surface area contributed by atoms with E-state index in [9.17, 15) is 5.11 Å². The smallest absolute Gasteiger partial charge is 0.161 e. The quantitative estimate of drug-likeness (QED) is 0.539. The van der Waals surface area contributed by atoms with Crippen LogP contribution in [-0.4, -0.2) is 61.6 Å². The van der Waals surface area contributed by atoms with Crippen LogP contribution < -0.4 is 9.47 Å². The molecule has 3 aromatic rings. The zero-order valence-electron chi connectivity index (χ0n) is 18.1. The number of hydrogen-bond acceptors (Lipinski definition) is 7. The third kappa shape index (κ3) is 5.54. The number of piperidine rings is 1. The lowest BCUT2D eigenvalue weighted by molar-refractivity contribution is 0.00567. The molecule has 1 saturated heterocycles. The van der Waals surface area contributed by atoms with Crippen LogP contribution in [0.15, 0.2) is 42.5 Å². The molecule has 2 atom stereocenters. The highest BCUT2D eigenvalue weighted by atomic mass is 32.1. The van der Waals surface area contributed by atoms with E-state index >= 15 is 0 Å². The summed E-state index contributed by atoms with van der Waals surface area (Å²) in [6.45, 7) is 3.29. The van der Waals surface area contributed by atoms with Gasteiger partial charge < -0.3 is 19.3 Å². The van der Waals surface area contributed by atoms with Gasteiger partial charge in [0.05, 0.1) is 48.8 Å². The second-order valence-corrected chi connectivity index (χ2v) is 9.04. The lowest BCUT2D eigenvalue weighted by Gasteiger charge is -2.33. The molecule has 0 saturated carbocycles. The maximum Gasteiger partial charge on any atom is 0.161 e. The lowest BCUT2D eigenvalue weighted by Crippen LogP contribution is -2.40. The van der Waals surface area contributed by atoms with E-state index in [1.165, 1.54) is 9.71 Å². The van der Waals surface area contributed by atoms with Crippen LogP contribution in [0.25, 0.3) is 10.2 Å². The van der Waals surface area contributed by atoms with Crippen molar-refractivity contribution >= 4 is 21.6 Å². The standard InChI is InChI=1S/C24H30N2O4S/c1-28-21-10-9-17(12-22(21)29-2)15-30-16-19(27)14-26-11-5-6-18(13-26)24-25-20-7-3-4-8-23(20)31-24/h3-4,7-10,12,18-19,27H,5-6,11,13-16H2,1-2H3. The van der Waals surface area contributed by atoms with Crippen molar-refractivity contribution in [1.82, 2.24) is 9.88 Å². The molecule has 1 fully saturated rings. The molecule has 7 heteroatoms. The van der Waals surface area contributed by atoms with Gasteiger partial charge in [-0.3, -0.25) is 4.90 Å². The van der Waals surface area contributed by atoms with E-state index in [1.54, 1.807) is 25.6 Å². The highest BCUT2D eigenvalue weighted by molar-refractivity contribution is 7.18. The van der Waals surface area contributed by atoms with Gasteiger partial charge in [-0.25, -0.2) is 4.98 Å². The number of aromatic nitrogens is 1. The number of fused-ring (bicyclic) bond motifs is 1. The number of likely N-dealkylation sites (tertiary alicyclic amines) is 1. The Labute approximate surface area is 187 Å². The van der Waals surface area contributed by atoms with Crippen molar-refractivity contribution in [3.05, 3.63) is 53.0 Å². The van der Waals surface area contributed by atoms with Gasteiger partial charge in [-0.1, -0.05) is 18.2 Å². The summed E-state index contributed by atoms with van der Waals surface area (Å²) in [5.41, 5.74) is 2.07. The summed E-state index contributed by atoms with van der Waals surface area (Å²) < 4.78 is 17.6. The molecule has 1 N–H and O–H groups in total. The summed E-state index contributed by atoms with van der Waals surface area (Å²) in [4.78, 5) is 7.18. The van der Waals surface area contributed by atoms with Crippen molar-refractivity contribution in [1.29, 1.82) is 0 Å². The number of thiazole rings is 1. The largest absolute Gasteiger partial charge is 0.493 e. The van der Waals surface area contributed by atoms with Gasteiger partial charge in [0.25, 0.3) is 0 Å². The fourth-order valence-corrected chi connectivity index (χ4v) is 5.21. The summed E-state index contributed by atoms with van der Waals surface area (Å²) in [5.74, 6) is 1.81. The number of rotatable bonds is 9. The molecule has 1 aromatic heterocycles. The van der Waals surface area contributed by atoms with E-state index < -0.39 is 6.10 Å². The second-order valence-electron chi connectivity index (χ2n) is 7.98. The average molecular weight is 443 g/mol. The van der Waals surface area contributed by atoms with Crippen molar-refractivity contribution in [2.45, 2.75) is 31.5 Å². The Morgan fingerprint density at radius 1 is 1.16 bits per heavy atom. The summed E-state index contributed by atoms with van der Waals surface area (Å²) >= 11 is 1.80. The summed E-state index contributed by atoms with van der Waals surface area (Å²) in [6, 6.07) is 14.0. The Hall–Kier alpha value is -2.19. The van der Waals surface area contributed by atoms with Crippen LogP contribution in [0.2, 0.25) is 0 Å². The van der Waals surface area contributed by atoms with Gasteiger partial charge in [-0.15, -0.1) is 11.3 Å². The zero-order valence-corrected chi connectivity index (χ0v) is 18.9. The van der Waals surface area contributed by atoms with E-state index in [0.717, 1.165) is 37.0 Å². The van der Waals surface area contributed by atoms with Crippen molar-refractivity contribution in [2.24, 2.45) is 0 Å². The molecule has 6 nitrogen and oxygen atoms in total. The van der Waals surface area contributed by atoms with Gasteiger partial charge in [0.15, 0.2) is 11.5 Å². The van der Waals surface area contributed by atoms with E-state index in [4.69, 9.17) is 19.2 Å². The molecule has 166 valence electrons. The van der Waals surface area contributed by atoms with Crippen molar-refractivity contribution in [3.8, 4) is 11.5 Å². The van der Waals surface area contributed by atoms with Crippen molar-refractivity contribution in [2.75, 3.05) is 40.5 Å². The maximum absolute atomic E-state index is 10.5. The Kier molecular flexibility index (Phi) is 7.40. The first-order valence-corrected chi connectivity index (χ1v) is 11.5. The van der Waals surface area contributed by atoms with Gasteiger partial charge in [0, 0.05) is 19.0 Å². The number of methoxy groups -OCH3 is 2. The van der Waals surface area contributed by atoms with Crippen LogP contribution >= 0.6 is 11.3 Å². The van der Waals surface area contributed by atoms with Crippen LogP contribution in [0.3, 0.4) is 0 Å². The Morgan fingerprint density at radius 2 is 2.00 bits per heavy atom. The number of hydrogen-bond donors (Lipinski definition) is 1. The minimum absolute atomic E-state index is 0.302. The van der Waals surface area contributed by atoms with Crippen molar-refractivity contribution in [3.63, 3.8) is 0 Å². The van der Waals surface area contributed by atoms with Crippen LogP contribution in [0, 0.1) is 0 Å². The van der Waals surface area contributed by atoms with E-state index in [0.29, 0.717) is 37.2 Å². The van der Waals surface area contributed by atoms with E-state index in [-0.39, 0.29) is 0 Å². The van der Waals surface area contributed by atoms with Crippen LogP contribution in [-0.2, 0) is 11.3 Å².